The number of benzene rings is 4. The first-order chi connectivity index (χ1) is 13.7. The quantitative estimate of drug-likeness (QED) is 0.335. The topological polar surface area (TPSA) is 0 Å². The lowest BCUT2D eigenvalue weighted by molar-refractivity contribution is 0.834. The molecule has 4 aromatic rings. The molecule has 0 nitrogen and oxygen atoms in total. The predicted molar refractivity (Wildman–Crippen MR) is 124 cm³/mol. The van der Waals surface area contributed by atoms with Gasteiger partial charge in [0.05, 0.1) is 10.2 Å². The van der Waals surface area contributed by atoms with Gasteiger partial charge in [0.1, 0.15) is 0 Å². The molecule has 0 aliphatic carbocycles. The van der Waals surface area contributed by atoms with E-state index in [9.17, 15) is 0 Å². The van der Waals surface area contributed by atoms with E-state index in [-0.39, 0.29) is 5.16 Å². The highest BCUT2D eigenvalue weighted by Crippen LogP contribution is 2.57. The van der Waals surface area contributed by atoms with Crippen LogP contribution < -0.4 is 15.8 Å². The van der Waals surface area contributed by atoms with Crippen LogP contribution in [-0.2, 0) is 5.16 Å². The minimum absolute atomic E-state index is 0.183. The van der Waals surface area contributed by atoms with Crippen molar-refractivity contribution in [1.82, 2.24) is 0 Å². The van der Waals surface area contributed by atoms with Crippen LogP contribution in [-0.4, -0.2) is 10.2 Å². The summed E-state index contributed by atoms with van der Waals surface area (Å²) in [5, 5.41) is 3.72. The maximum atomic E-state index is 3.91. The third-order valence-electron chi connectivity index (χ3n) is 5.26. The van der Waals surface area contributed by atoms with Crippen molar-refractivity contribution in [2.45, 2.75) is 12.1 Å². The van der Waals surface area contributed by atoms with Crippen molar-refractivity contribution >= 4 is 34.0 Å². The Morgan fingerprint density at radius 2 is 1.00 bits per heavy atom. The standard InChI is InChI=1S/C26H22PSi/c1-26(21-13-5-2-6-14-21,24-19-11-12-20-25(24)28)27(22-15-7-3-8-16-22)23-17-9-4-10-18-23/h2-20H,1H3. The maximum absolute atomic E-state index is 3.91. The second kappa shape index (κ2) is 8.27. The lowest BCUT2D eigenvalue weighted by atomic mass is 9.92. The Labute approximate surface area is 172 Å². The molecule has 0 aliphatic rings. The van der Waals surface area contributed by atoms with Crippen LogP contribution in [0, 0.1) is 0 Å². The second-order valence-corrected chi connectivity index (χ2v) is 10.1. The Hall–Kier alpha value is -2.47. The van der Waals surface area contributed by atoms with Crippen molar-refractivity contribution in [2.75, 3.05) is 0 Å². The van der Waals surface area contributed by atoms with Crippen LogP contribution in [0.2, 0.25) is 0 Å². The average molecular weight is 394 g/mol. The molecule has 1 unspecified atom stereocenters. The van der Waals surface area contributed by atoms with Crippen molar-refractivity contribution in [1.29, 1.82) is 0 Å². The molecule has 1 atom stereocenters. The monoisotopic (exact) mass is 393 g/mol. The summed E-state index contributed by atoms with van der Waals surface area (Å²) in [6.45, 7) is 2.40. The van der Waals surface area contributed by atoms with Gasteiger partial charge < -0.3 is 0 Å². The van der Waals surface area contributed by atoms with Gasteiger partial charge in [0, 0.05) is 5.16 Å². The third kappa shape index (κ3) is 3.49. The zero-order chi connectivity index (χ0) is 19.4. The van der Waals surface area contributed by atoms with Gasteiger partial charge >= 0.3 is 0 Å². The summed E-state index contributed by atoms with van der Waals surface area (Å²) in [5.74, 6) is 0. The first kappa shape index (κ1) is 18.9. The van der Waals surface area contributed by atoms with Crippen molar-refractivity contribution in [3.05, 3.63) is 126 Å². The molecule has 0 bridgehead atoms. The molecule has 135 valence electrons. The van der Waals surface area contributed by atoms with E-state index in [4.69, 9.17) is 0 Å². The summed E-state index contributed by atoms with van der Waals surface area (Å²) in [5.41, 5.74) is 2.65. The minimum Gasteiger partial charge on any atom is -0.0635 e. The van der Waals surface area contributed by atoms with Crippen LogP contribution in [0.5, 0.6) is 0 Å². The van der Waals surface area contributed by atoms with Gasteiger partial charge in [-0.3, -0.25) is 0 Å². The van der Waals surface area contributed by atoms with Crippen molar-refractivity contribution < 1.29 is 0 Å². The predicted octanol–water partition coefficient (Wildman–Crippen LogP) is 4.88. The number of hydrogen-bond donors (Lipinski definition) is 0. The highest BCUT2D eigenvalue weighted by Gasteiger charge is 2.40. The van der Waals surface area contributed by atoms with Crippen molar-refractivity contribution in [3.8, 4) is 0 Å². The normalized spacial score (nSPS) is 13.2. The molecule has 4 rings (SSSR count). The highest BCUT2D eigenvalue weighted by molar-refractivity contribution is 7.74. The van der Waals surface area contributed by atoms with E-state index in [1.165, 1.54) is 21.7 Å². The SMILES string of the molecule is CC(c1ccccc1)(c1ccccc1[Si])P(c1ccccc1)c1ccccc1. The van der Waals surface area contributed by atoms with Gasteiger partial charge in [0.15, 0.2) is 0 Å². The summed E-state index contributed by atoms with van der Waals surface area (Å²) in [6, 6.07) is 41.5. The zero-order valence-corrected chi connectivity index (χ0v) is 17.8. The molecular weight excluding hydrogens is 371 g/mol. The Kier molecular flexibility index (Phi) is 5.57. The molecule has 0 heterocycles. The Bertz CT molecular complexity index is 992. The fraction of sp³-hybridized carbons (Fsp3) is 0.0769. The van der Waals surface area contributed by atoms with Gasteiger partial charge in [-0.15, -0.1) is 0 Å². The molecule has 28 heavy (non-hydrogen) atoms. The van der Waals surface area contributed by atoms with Crippen LogP contribution in [0.15, 0.2) is 115 Å². The Morgan fingerprint density at radius 3 is 1.50 bits per heavy atom. The van der Waals surface area contributed by atoms with E-state index in [1.807, 2.05) is 0 Å². The fourth-order valence-corrected chi connectivity index (χ4v) is 7.54. The van der Waals surface area contributed by atoms with Crippen LogP contribution in [0.4, 0.5) is 0 Å². The maximum Gasteiger partial charge on any atom is 0.0716 e. The molecule has 0 aromatic heterocycles. The average Bonchev–Trinajstić information content (AvgIpc) is 2.76. The largest absolute Gasteiger partial charge is 0.0716 e. The summed E-state index contributed by atoms with van der Waals surface area (Å²) in [7, 11) is 3.22. The van der Waals surface area contributed by atoms with Gasteiger partial charge in [0.2, 0.25) is 0 Å². The molecule has 0 amide bonds. The number of hydrogen-bond acceptors (Lipinski definition) is 0. The Morgan fingerprint density at radius 1 is 0.571 bits per heavy atom. The van der Waals surface area contributed by atoms with E-state index >= 15 is 0 Å². The molecule has 0 N–H and O–H groups in total. The van der Waals surface area contributed by atoms with Gasteiger partial charge in [0.25, 0.3) is 0 Å². The van der Waals surface area contributed by atoms with Gasteiger partial charge in [-0.05, 0) is 36.6 Å². The first-order valence-corrected chi connectivity index (χ1v) is 11.3. The smallest absolute Gasteiger partial charge is 0.0635 e. The molecule has 3 radical (unpaired) electrons. The van der Waals surface area contributed by atoms with Crippen LogP contribution >= 0.6 is 7.92 Å². The summed E-state index contributed by atoms with van der Waals surface area (Å²) in [4.78, 5) is 0. The molecule has 0 aliphatic heterocycles. The van der Waals surface area contributed by atoms with E-state index < -0.39 is 7.92 Å². The lowest BCUT2D eigenvalue weighted by Gasteiger charge is -2.41. The zero-order valence-electron chi connectivity index (χ0n) is 15.9. The van der Waals surface area contributed by atoms with Crippen LogP contribution in [0.1, 0.15) is 18.1 Å². The Balaban J connectivity index is 2.04. The molecule has 0 spiro atoms. The van der Waals surface area contributed by atoms with E-state index in [2.05, 4.69) is 132 Å². The molecule has 0 saturated carbocycles. The first-order valence-electron chi connectivity index (χ1n) is 9.48. The van der Waals surface area contributed by atoms with Crippen LogP contribution in [0.25, 0.3) is 0 Å². The van der Waals surface area contributed by atoms with Crippen LogP contribution in [0.3, 0.4) is 0 Å². The lowest BCUT2D eigenvalue weighted by Crippen LogP contribution is -2.35. The second-order valence-electron chi connectivity index (χ2n) is 6.99. The summed E-state index contributed by atoms with van der Waals surface area (Å²) >= 11 is 0. The van der Waals surface area contributed by atoms with Gasteiger partial charge in [-0.2, -0.15) is 0 Å². The van der Waals surface area contributed by atoms with E-state index in [0.717, 1.165) is 5.19 Å². The molecule has 0 fully saturated rings. The van der Waals surface area contributed by atoms with Crippen molar-refractivity contribution in [3.63, 3.8) is 0 Å². The third-order valence-corrected chi connectivity index (χ3v) is 8.72. The molecule has 0 saturated heterocycles. The molecular formula is C26H22PSi. The van der Waals surface area contributed by atoms with Gasteiger partial charge in [-0.25, -0.2) is 0 Å². The fourth-order valence-electron chi connectivity index (χ4n) is 3.89. The van der Waals surface area contributed by atoms with Crippen molar-refractivity contribution in [2.24, 2.45) is 0 Å². The molecule has 2 heteroatoms. The minimum atomic E-state index is -0.696. The van der Waals surface area contributed by atoms with E-state index in [0.29, 0.717) is 0 Å². The van der Waals surface area contributed by atoms with Gasteiger partial charge in [-0.1, -0.05) is 120 Å². The molecule has 4 aromatic carbocycles. The highest BCUT2D eigenvalue weighted by atomic mass is 31.1. The summed E-state index contributed by atoms with van der Waals surface area (Å²) in [6.07, 6.45) is 0. The summed E-state index contributed by atoms with van der Waals surface area (Å²) < 4.78 is 0. The van der Waals surface area contributed by atoms with E-state index in [1.54, 1.807) is 0 Å². The number of rotatable bonds is 5.